The number of benzene rings is 3. The van der Waals surface area contributed by atoms with E-state index >= 15 is 0 Å². The van der Waals surface area contributed by atoms with Gasteiger partial charge in [-0.05, 0) is 67.6 Å². The van der Waals surface area contributed by atoms with E-state index in [1.807, 2.05) is 45.0 Å². The smallest absolute Gasteiger partial charge is 0.307 e. The van der Waals surface area contributed by atoms with E-state index in [-0.39, 0.29) is 22.8 Å². The van der Waals surface area contributed by atoms with Crippen LogP contribution in [0.2, 0.25) is 0 Å². The first-order valence-electron chi connectivity index (χ1n) is 9.84. The number of sulfonamides is 1. The Labute approximate surface area is 181 Å². The molecule has 0 spiro atoms. The van der Waals surface area contributed by atoms with Crippen molar-refractivity contribution < 1.29 is 23.1 Å². The number of carboxylic acid groups (broad SMARTS) is 1. The summed E-state index contributed by atoms with van der Waals surface area (Å²) in [7, 11) is -3.90. The van der Waals surface area contributed by atoms with Gasteiger partial charge in [0.25, 0.3) is 10.0 Å². The third-order valence-electron chi connectivity index (χ3n) is 5.58. The molecule has 0 bridgehead atoms. The Morgan fingerprint density at radius 3 is 2.26 bits per heavy atom. The second kappa shape index (κ2) is 7.42. The molecule has 0 saturated carbocycles. The summed E-state index contributed by atoms with van der Waals surface area (Å²) >= 11 is 0. The molecule has 0 aromatic heterocycles. The van der Waals surface area contributed by atoms with Gasteiger partial charge in [0, 0.05) is 5.56 Å². The predicted octanol–water partition coefficient (Wildman–Crippen LogP) is 5.12. The van der Waals surface area contributed by atoms with Gasteiger partial charge in [-0.2, -0.15) is 0 Å². The van der Waals surface area contributed by atoms with Gasteiger partial charge < -0.3 is 9.84 Å². The van der Waals surface area contributed by atoms with Gasteiger partial charge in [0.15, 0.2) is 5.75 Å². The lowest BCUT2D eigenvalue weighted by Gasteiger charge is -2.22. The molecule has 4 rings (SSSR count). The first-order valence-corrected chi connectivity index (χ1v) is 11.3. The third-order valence-corrected chi connectivity index (χ3v) is 6.97. The highest BCUT2D eigenvalue weighted by molar-refractivity contribution is 7.92. The molecule has 1 aliphatic heterocycles. The monoisotopic (exact) mass is 437 g/mol. The lowest BCUT2D eigenvalue weighted by atomic mass is 9.88. The summed E-state index contributed by atoms with van der Waals surface area (Å²) in [5.74, 6) is -0.364. The van der Waals surface area contributed by atoms with Gasteiger partial charge in [0.05, 0.1) is 12.1 Å². The van der Waals surface area contributed by atoms with E-state index in [0.29, 0.717) is 22.4 Å². The number of nitrogens with one attached hydrogen (secondary N) is 1. The normalized spacial score (nSPS) is 13.9. The van der Waals surface area contributed by atoms with E-state index < -0.39 is 16.0 Å². The highest BCUT2D eigenvalue weighted by Crippen LogP contribution is 2.48. The van der Waals surface area contributed by atoms with Crippen LogP contribution >= 0.6 is 0 Å². The van der Waals surface area contributed by atoms with Crippen molar-refractivity contribution in [1.29, 1.82) is 0 Å². The molecule has 0 atom stereocenters. The van der Waals surface area contributed by atoms with Gasteiger partial charge in [0.1, 0.15) is 10.6 Å². The predicted molar refractivity (Wildman–Crippen MR) is 119 cm³/mol. The summed E-state index contributed by atoms with van der Waals surface area (Å²) in [5.41, 5.74) is 5.59. The van der Waals surface area contributed by atoms with Gasteiger partial charge in [-0.15, -0.1) is 0 Å². The average Bonchev–Trinajstić information content (AvgIpc) is 2.80. The van der Waals surface area contributed by atoms with Gasteiger partial charge >= 0.3 is 5.97 Å². The van der Waals surface area contributed by atoms with Gasteiger partial charge in [0.2, 0.25) is 0 Å². The number of fused-ring (bicyclic) bond motifs is 2. The van der Waals surface area contributed by atoms with Gasteiger partial charge in [-0.25, -0.2) is 8.42 Å². The zero-order valence-corrected chi connectivity index (χ0v) is 18.6. The number of rotatable bonds is 3. The molecular weight excluding hydrogens is 414 g/mol. The summed E-state index contributed by atoms with van der Waals surface area (Å²) in [6.07, 6.45) is -0.239. The van der Waals surface area contributed by atoms with Gasteiger partial charge in [-0.1, -0.05) is 35.9 Å². The maximum atomic E-state index is 13.0. The molecule has 3 aromatic carbocycles. The Morgan fingerprint density at radius 1 is 0.968 bits per heavy atom. The van der Waals surface area contributed by atoms with Gasteiger partial charge in [-0.3, -0.25) is 9.52 Å². The maximum absolute atomic E-state index is 13.0. The number of aliphatic carboxylic acids is 1. The molecule has 1 aliphatic rings. The van der Waals surface area contributed by atoms with Crippen molar-refractivity contribution in [1.82, 2.24) is 0 Å². The minimum atomic E-state index is -3.90. The highest BCUT2D eigenvalue weighted by atomic mass is 32.2. The number of hydrogen-bond donors (Lipinski definition) is 2. The van der Waals surface area contributed by atoms with Crippen molar-refractivity contribution in [3.8, 4) is 22.6 Å². The fourth-order valence-corrected chi connectivity index (χ4v) is 5.22. The maximum Gasteiger partial charge on any atom is 0.307 e. The summed E-state index contributed by atoms with van der Waals surface area (Å²) in [6, 6.07) is 12.7. The number of hydrogen-bond acceptors (Lipinski definition) is 4. The molecule has 6 nitrogen and oxygen atoms in total. The number of aryl methyl sites for hydroxylation is 2. The van der Waals surface area contributed by atoms with Crippen molar-refractivity contribution in [2.75, 3.05) is 4.72 Å². The van der Waals surface area contributed by atoms with E-state index in [1.54, 1.807) is 19.1 Å². The summed E-state index contributed by atoms with van der Waals surface area (Å²) < 4.78 is 34.9. The molecule has 0 unspecified atom stereocenters. The van der Waals surface area contributed by atoms with E-state index in [9.17, 15) is 18.3 Å². The number of carboxylic acids is 1. The highest BCUT2D eigenvalue weighted by Gasteiger charge is 2.31. The van der Waals surface area contributed by atoms with Crippen LogP contribution in [0, 0.1) is 27.7 Å². The SMILES string of the molecule is Cc1ccc(-c2c(C)c3c(c(C)c2CC(=O)O)NS(=O)(=O)c2ccc(C)cc2O3)cc1. The number of ether oxygens (including phenoxy) is 1. The Balaban J connectivity index is 2.06. The second-order valence-electron chi connectivity index (χ2n) is 7.90. The standard InChI is InChI=1S/C24H23NO5S/c1-13-5-8-17(9-6-13)22-16(4)24-23(15(3)18(22)12-21(26)27)25-31(28,29)20-10-7-14(2)11-19(20)30-24/h5-11,25H,12H2,1-4H3,(H,26,27). The van der Waals surface area contributed by atoms with Crippen LogP contribution in [0.3, 0.4) is 0 Å². The second-order valence-corrected chi connectivity index (χ2v) is 9.55. The Bertz CT molecular complexity index is 1330. The van der Waals surface area contributed by atoms with E-state index in [4.69, 9.17) is 4.74 Å². The molecule has 7 heteroatoms. The Morgan fingerprint density at radius 2 is 1.61 bits per heavy atom. The zero-order chi connectivity index (χ0) is 22.5. The zero-order valence-electron chi connectivity index (χ0n) is 17.7. The quantitative estimate of drug-likeness (QED) is 0.593. The molecule has 0 radical (unpaired) electrons. The van der Waals surface area contributed by atoms with Crippen molar-refractivity contribution in [3.05, 3.63) is 70.3 Å². The lowest BCUT2D eigenvalue weighted by Crippen LogP contribution is -2.14. The molecular formula is C24H23NO5S. The first kappa shape index (κ1) is 20.9. The molecule has 31 heavy (non-hydrogen) atoms. The van der Waals surface area contributed by atoms with Crippen molar-refractivity contribution in [2.45, 2.75) is 39.0 Å². The van der Waals surface area contributed by atoms with Crippen molar-refractivity contribution in [2.24, 2.45) is 0 Å². The number of anilines is 1. The number of carbonyl (C=O) groups is 1. The minimum absolute atomic E-state index is 0.0461. The molecule has 1 heterocycles. The van der Waals surface area contributed by atoms with Crippen LogP contribution in [0.4, 0.5) is 5.69 Å². The summed E-state index contributed by atoms with van der Waals surface area (Å²) in [5, 5.41) is 9.56. The molecule has 3 aromatic rings. The Kier molecular flexibility index (Phi) is 5.01. The molecule has 160 valence electrons. The molecule has 0 aliphatic carbocycles. The average molecular weight is 438 g/mol. The summed E-state index contributed by atoms with van der Waals surface area (Å²) in [6.45, 7) is 7.39. The van der Waals surface area contributed by atoms with Crippen LogP contribution in [-0.4, -0.2) is 19.5 Å². The van der Waals surface area contributed by atoms with Crippen molar-refractivity contribution in [3.63, 3.8) is 0 Å². The fourth-order valence-electron chi connectivity index (χ4n) is 3.99. The van der Waals surface area contributed by atoms with E-state index in [1.165, 1.54) is 6.07 Å². The summed E-state index contributed by atoms with van der Waals surface area (Å²) in [4.78, 5) is 11.7. The van der Waals surface area contributed by atoms with E-state index in [0.717, 1.165) is 22.3 Å². The van der Waals surface area contributed by atoms with Crippen LogP contribution < -0.4 is 9.46 Å². The van der Waals surface area contributed by atoms with Crippen LogP contribution in [0.5, 0.6) is 11.5 Å². The van der Waals surface area contributed by atoms with Crippen LogP contribution in [0.15, 0.2) is 47.4 Å². The Hall–Kier alpha value is -3.32. The molecule has 0 fully saturated rings. The fraction of sp³-hybridized carbons (Fsp3) is 0.208. The lowest BCUT2D eigenvalue weighted by molar-refractivity contribution is -0.136. The molecule has 0 saturated heterocycles. The topological polar surface area (TPSA) is 92.7 Å². The van der Waals surface area contributed by atoms with E-state index in [2.05, 4.69) is 4.72 Å². The molecule has 0 amide bonds. The van der Waals surface area contributed by atoms with Crippen LogP contribution in [0.1, 0.15) is 27.8 Å². The molecule has 2 N–H and O–H groups in total. The largest absolute Gasteiger partial charge is 0.481 e. The van der Waals surface area contributed by atoms with Crippen molar-refractivity contribution >= 4 is 21.7 Å². The van der Waals surface area contributed by atoms with Crippen LogP contribution in [0.25, 0.3) is 11.1 Å². The minimum Gasteiger partial charge on any atom is -0.481 e. The third kappa shape index (κ3) is 3.65. The van der Waals surface area contributed by atoms with Crippen LogP contribution in [-0.2, 0) is 21.2 Å². The first-order chi connectivity index (χ1) is 14.6.